The van der Waals surface area contributed by atoms with Gasteiger partial charge in [-0.2, -0.15) is 0 Å². The summed E-state index contributed by atoms with van der Waals surface area (Å²) in [5.74, 6) is -0.0912. The molecule has 0 bridgehead atoms. The van der Waals surface area contributed by atoms with Gasteiger partial charge in [0.15, 0.2) is 12.1 Å². The number of thioether (sulfide) groups is 1. The van der Waals surface area contributed by atoms with Gasteiger partial charge < -0.3 is 0 Å². The second-order valence-corrected chi connectivity index (χ2v) is 2.36. The van der Waals surface area contributed by atoms with Gasteiger partial charge in [0, 0.05) is 0 Å². The first-order valence-corrected chi connectivity index (χ1v) is 3.64. The van der Waals surface area contributed by atoms with Crippen molar-refractivity contribution in [3.8, 4) is 0 Å². The number of hydrogen-bond acceptors (Lipinski definition) is 3. The number of carbonyl (C=O) groups excluding carboxylic acids is 2. The fourth-order valence-electron chi connectivity index (χ4n) is 0.341. The molecule has 0 saturated carbocycles. The highest BCUT2D eigenvalue weighted by molar-refractivity contribution is 8.03. The zero-order valence-electron chi connectivity index (χ0n) is 5.38. The van der Waals surface area contributed by atoms with E-state index in [9.17, 15) is 9.59 Å². The van der Waals surface area contributed by atoms with Crippen LogP contribution in [0.15, 0.2) is 11.0 Å². The molecule has 0 heterocycles. The molecule has 2 nitrogen and oxygen atoms in total. The smallest absolute Gasteiger partial charge is 0.156 e. The topological polar surface area (TPSA) is 34.1 Å². The van der Waals surface area contributed by atoms with Crippen molar-refractivity contribution in [1.29, 1.82) is 0 Å². The zero-order valence-corrected chi connectivity index (χ0v) is 6.20. The van der Waals surface area contributed by atoms with E-state index in [0.717, 1.165) is 0 Å². The summed E-state index contributed by atoms with van der Waals surface area (Å²) in [5.41, 5.74) is 0. The van der Waals surface area contributed by atoms with Gasteiger partial charge in [-0.15, -0.1) is 11.8 Å². The summed E-state index contributed by atoms with van der Waals surface area (Å²) in [6.45, 7) is 1.42. The van der Waals surface area contributed by atoms with Crippen molar-refractivity contribution in [2.24, 2.45) is 0 Å². The van der Waals surface area contributed by atoms with E-state index in [1.165, 1.54) is 24.8 Å². The average Bonchev–Trinajstić information content (AvgIpc) is 1.82. The quantitative estimate of drug-likeness (QED) is 0.438. The van der Waals surface area contributed by atoms with Crippen LogP contribution in [0.25, 0.3) is 0 Å². The number of aldehydes is 1. The fourth-order valence-corrected chi connectivity index (χ4v) is 0.721. The van der Waals surface area contributed by atoms with Crippen molar-refractivity contribution in [3.05, 3.63) is 11.0 Å². The maximum Gasteiger partial charge on any atom is 0.156 e. The molecule has 0 atom stereocenters. The molecule has 0 aromatic carbocycles. The van der Waals surface area contributed by atoms with E-state index in [0.29, 0.717) is 11.2 Å². The van der Waals surface area contributed by atoms with Crippen LogP contribution in [0, 0.1) is 0 Å². The minimum Gasteiger partial charge on any atom is -0.297 e. The predicted octanol–water partition coefficient (Wildman–Crippen LogP) is 1.02. The summed E-state index contributed by atoms with van der Waals surface area (Å²) in [5, 5.41) is 0. The van der Waals surface area contributed by atoms with Gasteiger partial charge in [-0.05, 0) is 19.3 Å². The Bertz CT molecular complexity index is 149. The number of allylic oxidation sites excluding steroid dienone is 2. The van der Waals surface area contributed by atoms with Crippen molar-refractivity contribution in [2.45, 2.75) is 6.92 Å². The zero-order chi connectivity index (χ0) is 7.28. The molecule has 0 spiro atoms. The van der Waals surface area contributed by atoms with Gasteiger partial charge in [0.25, 0.3) is 0 Å². The molecule has 9 heavy (non-hydrogen) atoms. The lowest BCUT2D eigenvalue weighted by molar-refractivity contribution is -0.113. The Morgan fingerprint density at radius 3 is 2.22 bits per heavy atom. The SMILES string of the molecule is CS/C(C=O)=C/C(C)=O. The Kier molecular flexibility index (Phi) is 4.05. The molecule has 0 aromatic heterocycles. The lowest BCUT2D eigenvalue weighted by Gasteiger charge is -1.87. The second-order valence-electron chi connectivity index (χ2n) is 1.48. The Balaban J connectivity index is 4.07. The van der Waals surface area contributed by atoms with Crippen molar-refractivity contribution < 1.29 is 9.59 Å². The molecule has 0 unspecified atom stereocenters. The van der Waals surface area contributed by atoms with Crippen LogP contribution in [0.3, 0.4) is 0 Å². The van der Waals surface area contributed by atoms with Crippen LogP contribution < -0.4 is 0 Å². The average molecular weight is 144 g/mol. The van der Waals surface area contributed by atoms with Crippen LogP contribution in [0.1, 0.15) is 6.92 Å². The molecular formula is C6H8O2S. The van der Waals surface area contributed by atoms with E-state index in [4.69, 9.17) is 0 Å². The van der Waals surface area contributed by atoms with Gasteiger partial charge in [-0.1, -0.05) is 0 Å². The summed E-state index contributed by atoms with van der Waals surface area (Å²) < 4.78 is 0. The number of carbonyl (C=O) groups is 2. The summed E-state index contributed by atoms with van der Waals surface area (Å²) >= 11 is 1.27. The Labute approximate surface area is 58.3 Å². The third-order valence-corrected chi connectivity index (χ3v) is 1.38. The van der Waals surface area contributed by atoms with Crippen LogP contribution in [0.4, 0.5) is 0 Å². The molecule has 0 aromatic rings. The standard InChI is InChI=1S/C6H8O2S/c1-5(8)3-6(4-7)9-2/h3-4H,1-2H3/b6-3+. The summed E-state index contributed by atoms with van der Waals surface area (Å²) in [6.07, 6.45) is 3.74. The van der Waals surface area contributed by atoms with Crippen molar-refractivity contribution >= 4 is 23.8 Å². The molecule has 0 radical (unpaired) electrons. The lowest BCUT2D eigenvalue weighted by atomic mass is 10.4. The van der Waals surface area contributed by atoms with E-state index in [1.54, 1.807) is 6.26 Å². The van der Waals surface area contributed by atoms with E-state index in [-0.39, 0.29) is 5.78 Å². The minimum absolute atomic E-state index is 0.0912. The number of ketones is 1. The Hall–Kier alpha value is -0.570. The molecule has 0 rings (SSSR count). The Morgan fingerprint density at radius 2 is 2.11 bits per heavy atom. The molecule has 0 saturated heterocycles. The van der Waals surface area contributed by atoms with Crippen LogP contribution in [0.2, 0.25) is 0 Å². The largest absolute Gasteiger partial charge is 0.297 e. The first-order chi connectivity index (χ1) is 4.20. The molecule has 0 aliphatic heterocycles. The highest BCUT2D eigenvalue weighted by Gasteiger charge is 1.91. The summed E-state index contributed by atoms with van der Waals surface area (Å²) in [7, 11) is 0. The lowest BCUT2D eigenvalue weighted by Crippen LogP contribution is -1.85. The highest BCUT2D eigenvalue weighted by atomic mass is 32.2. The van der Waals surface area contributed by atoms with Crippen LogP contribution in [0.5, 0.6) is 0 Å². The van der Waals surface area contributed by atoms with E-state index in [1.807, 2.05) is 0 Å². The molecule has 3 heteroatoms. The fraction of sp³-hybridized carbons (Fsp3) is 0.333. The molecule has 0 amide bonds. The molecular weight excluding hydrogens is 136 g/mol. The van der Waals surface area contributed by atoms with Gasteiger partial charge in [-0.3, -0.25) is 9.59 Å². The van der Waals surface area contributed by atoms with Gasteiger partial charge in [0.2, 0.25) is 0 Å². The molecule has 0 aliphatic rings. The van der Waals surface area contributed by atoms with Crippen molar-refractivity contribution in [1.82, 2.24) is 0 Å². The summed E-state index contributed by atoms with van der Waals surface area (Å²) in [6, 6.07) is 0. The Morgan fingerprint density at radius 1 is 1.56 bits per heavy atom. The maximum atomic E-state index is 10.3. The first kappa shape index (κ1) is 8.43. The van der Waals surface area contributed by atoms with E-state index >= 15 is 0 Å². The van der Waals surface area contributed by atoms with E-state index in [2.05, 4.69) is 0 Å². The normalized spacial score (nSPS) is 11.1. The third kappa shape index (κ3) is 3.97. The second kappa shape index (κ2) is 4.32. The first-order valence-electron chi connectivity index (χ1n) is 2.42. The molecule has 0 aliphatic carbocycles. The summed E-state index contributed by atoms with van der Waals surface area (Å²) in [4.78, 5) is 20.8. The highest BCUT2D eigenvalue weighted by Crippen LogP contribution is 2.06. The number of rotatable bonds is 3. The van der Waals surface area contributed by atoms with Crippen LogP contribution in [-0.2, 0) is 9.59 Å². The van der Waals surface area contributed by atoms with Gasteiger partial charge in [0.05, 0.1) is 4.91 Å². The molecule has 0 fully saturated rings. The molecule has 50 valence electrons. The van der Waals surface area contributed by atoms with Crippen molar-refractivity contribution in [2.75, 3.05) is 6.26 Å². The van der Waals surface area contributed by atoms with E-state index < -0.39 is 0 Å². The number of hydrogen-bond donors (Lipinski definition) is 0. The third-order valence-electron chi connectivity index (χ3n) is 0.697. The van der Waals surface area contributed by atoms with Crippen LogP contribution in [-0.4, -0.2) is 18.3 Å². The van der Waals surface area contributed by atoms with Gasteiger partial charge >= 0.3 is 0 Å². The van der Waals surface area contributed by atoms with Crippen LogP contribution >= 0.6 is 11.8 Å². The van der Waals surface area contributed by atoms with Crippen molar-refractivity contribution in [3.63, 3.8) is 0 Å². The predicted molar refractivity (Wildman–Crippen MR) is 38.3 cm³/mol. The maximum absolute atomic E-state index is 10.3. The van der Waals surface area contributed by atoms with Gasteiger partial charge in [-0.25, -0.2) is 0 Å². The monoisotopic (exact) mass is 144 g/mol. The molecule has 0 N–H and O–H groups in total. The minimum atomic E-state index is -0.0912. The van der Waals surface area contributed by atoms with Gasteiger partial charge in [0.1, 0.15) is 0 Å².